The summed E-state index contributed by atoms with van der Waals surface area (Å²) in [5.41, 5.74) is 5.41. The summed E-state index contributed by atoms with van der Waals surface area (Å²) < 4.78 is 0. The van der Waals surface area contributed by atoms with Crippen LogP contribution in [0.3, 0.4) is 0 Å². The Balaban J connectivity index is 3.54. The van der Waals surface area contributed by atoms with Gasteiger partial charge in [-0.2, -0.15) is 0 Å². The molecule has 108 valence electrons. The van der Waals surface area contributed by atoms with Gasteiger partial charge in [-0.3, -0.25) is 4.79 Å². The third kappa shape index (κ3) is 10.5. The van der Waals surface area contributed by atoms with Gasteiger partial charge in [0.15, 0.2) is 0 Å². The quantitative estimate of drug-likeness (QED) is 0.467. The van der Waals surface area contributed by atoms with Crippen molar-refractivity contribution in [3.8, 4) is 0 Å². The maximum absolute atomic E-state index is 11.6. The van der Waals surface area contributed by atoms with Crippen LogP contribution in [0.1, 0.15) is 58.3 Å². The predicted octanol–water partition coefficient (Wildman–Crippen LogP) is 1.81. The Morgan fingerprint density at radius 1 is 1.22 bits per heavy atom. The molecule has 4 nitrogen and oxygen atoms in total. The number of rotatable bonds is 12. The fourth-order valence-electron chi connectivity index (χ4n) is 2.07. The van der Waals surface area contributed by atoms with E-state index >= 15 is 0 Å². The third-order valence-corrected chi connectivity index (χ3v) is 3.18. The monoisotopic (exact) mass is 258 g/mol. The highest BCUT2D eigenvalue weighted by atomic mass is 16.3. The van der Waals surface area contributed by atoms with Crippen molar-refractivity contribution in [2.24, 2.45) is 11.7 Å². The van der Waals surface area contributed by atoms with E-state index in [-0.39, 0.29) is 12.5 Å². The SMILES string of the molecule is CCCC(CCO)CNC(=O)CCCCCCN. The van der Waals surface area contributed by atoms with E-state index in [1.165, 1.54) is 0 Å². The van der Waals surface area contributed by atoms with E-state index in [1.54, 1.807) is 0 Å². The first-order valence-corrected chi connectivity index (χ1v) is 7.32. The van der Waals surface area contributed by atoms with Crippen LogP contribution in [-0.4, -0.2) is 30.7 Å². The molecule has 0 rings (SSSR count). The molecule has 4 heteroatoms. The molecule has 0 bridgehead atoms. The number of nitrogens with one attached hydrogen (secondary N) is 1. The molecule has 0 spiro atoms. The van der Waals surface area contributed by atoms with E-state index in [2.05, 4.69) is 12.2 Å². The lowest BCUT2D eigenvalue weighted by Gasteiger charge is -2.15. The summed E-state index contributed by atoms with van der Waals surface area (Å²) in [6, 6.07) is 0. The molecule has 0 radical (unpaired) electrons. The lowest BCUT2D eigenvalue weighted by molar-refractivity contribution is -0.121. The average molecular weight is 258 g/mol. The van der Waals surface area contributed by atoms with Gasteiger partial charge >= 0.3 is 0 Å². The number of hydrogen-bond acceptors (Lipinski definition) is 3. The van der Waals surface area contributed by atoms with Crippen LogP contribution in [0.5, 0.6) is 0 Å². The van der Waals surface area contributed by atoms with Crippen LogP contribution in [-0.2, 0) is 4.79 Å². The summed E-state index contributed by atoms with van der Waals surface area (Å²) in [6.45, 7) is 3.78. The van der Waals surface area contributed by atoms with Gasteiger partial charge in [0.25, 0.3) is 0 Å². The molecule has 4 N–H and O–H groups in total. The van der Waals surface area contributed by atoms with Crippen LogP contribution in [0.4, 0.5) is 0 Å². The molecule has 0 aromatic rings. The molecule has 1 atom stereocenters. The second-order valence-corrected chi connectivity index (χ2v) is 4.92. The van der Waals surface area contributed by atoms with E-state index in [0.29, 0.717) is 18.9 Å². The van der Waals surface area contributed by atoms with Crippen LogP contribution in [0.25, 0.3) is 0 Å². The van der Waals surface area contributed by atoms with Crippen molar-refractivity contribution < 1.29 is 9.90 Å². The number of carbonyl (C=O) groups is 1. The summed E-state index contributed by atoms with van der Waals surface area (Å²) in [5, 5.41) is 11.9. The molecule has 0 aromatic carbocycles. The standard InChI is InChI=1S/C14H30N2O2/c1-2-7-13(9-11-17)12-16-14(18)8-5-3-4-6-10-15/h13,17H,2-12,15H2,1H3,(H,16,18). The summed E-state index contributed by atoms with van der Waals surface area (Å²) in [6.07, 6.45) is 7.76. The van der Waals surface area contributed by atoms with Gasteiger partial charge in [0, 0.05) is 19.6 Å². The van der Waals surface area contributed by atoms with Crippen molar-refractivity contribution in [3.63, 3.8) is 0 Å². The minimum atomic E-state index is 0.141. The molecule has 0 heterocycles. The molecular weight excluding hydrogens is 228 g/mol. The molecule has 1 unspecified atom stereocenters. The topological polar surface area (TPSA) is 75.3 Å². The van der Waals surface area contributed by atoms with Crippen LogP contribution in [0, 0.1) is 5.92 Å². The number of hydrogen-bond donors (Lipinski definition) is 3. The second-order valence-electron chi connectivity index (χ2n) is 4.92. The zero-order valence-electron chi connectivity index (χ0n) is 11.8. The van der Waals surface area contributed by atoms with Gasteiger partial charge in [-0.05, 0) is 38.1 Å². The first kappa shape index (κ1) is 17.4. The van der Waals surface area contributed by atoms with Gasteiger partial charge in [0.2, 0.25) is 5.91 Å². The molecule has 1 amide bonds. The Hall–Kier alpha value is -0.610. The predicted molar refractivity (Wildman–Crippen MR) is 75.2 cm³/mol. The summed E-state index contributed by atoms with van der Waals surface area (Å²) in [7, 11) is 0. The Bertz CT molecular complexity index is 192. The number of amides is 1. The second kappa shape index (κ2) is 12.8. The molecule has 0 aliphatic heterocycles. The normalized spacial score (nSPS) is 12.4. The Morgan fingerprint density at radius 3 is 2.56 bits per heavy atom. The van der Waals surface area contributed by atoms with Gasteiger partial charge in [0.1, 0.15) is 0 Å². The minimum Gasteiger partial charge on any atom is -0.396 e. The Kier molecular flexibility index (Phi) is 12.4. The zero-order chi connectivity index (χ0) is 13.6. The lowest BCUT2D eigenvalue weighted by Crippen LogP contribution is -2.29. The number of aliphatic hydroxyl groups excluding tert-OH is 1. The van der Waals surface area contributed by atoms with Gasteiger partial charge in [-0.15, -0.1) is 0 Å². The van der Waals surface area contributed by atoms with Crippen LogP contribution in [0.2, 0.25) is 0 Å². The van der Waals surface area contributed by atoms with E-state index in [4.69, 9.17) is 10.8 Å². The molecule has 0 saturated heterocycles. The first-order valence-electron chi connectivity index (χ1n) is 7.32. The van der Waals surface area contributed by atoms with E-state index in [9.17, 15) is 4.79 Å². The van der Waals surface area contributed by atoms with Crippen molar-refractivity contribution >= 4 is 5.91 Å². The summed E-state index contributed by atoms with van der Waals surface area (Å²) >= 11 is 0. The highest BCUT2D eigenvalue weighted by Crippen LogP contribution is 2.09. The number of carbonyl (C=O) groups excluding carboxylic acids is 1. The van der Waals surface area contributed by atoms with E-state index in [1.807, 2.05) is 0 Å². The Morgan fingerprint density at radius 2 is 1.94 bits per heavy atom. The van der Waals surface area contributed by atoms with Gasteiger partial charge < -0.3 is 16.2 Å². The van der Waals surface area contributed by atoms with Crippen LogP contribution >= 0.6 is 0 Å². The fourth-order valence-corrected chi connectivity index (χ4v) is 2.07. The molecule has 0 saturated carbocycles. The minimum absolute atomic E-state index is 0.141. The van der Waals surface area contributed by atoms with Crippen molar-refractivity contribution in [1.82, 2.24) is 5.32 Å². The van der Waals surface area contributed by atoms with Crippen molar-refractivity contribution in [2.45, 2.75) is 58.3 Å². The number of nitrogens with two attached hydrogens (primary N) is 1. The van der Waals surface area contributed by atoms with Gasteiger partial charge in [-0.25, -0.2) is 0 Å². The molecule has 0 aliphatic carbocycles. The van der Waals surface area contributed by atoms with Crippen molar-refractivity contribution in [2.75, 3.05) is 19.7 Å². The third-order valence-electron chi connectivity index (χ3n) is 3.18. The van der Waals surface area contributed by atoms with Gasteiger partial charge in [0.05, 0.1) is 0 Å². The van der Waals surface area contributed by atoms with E-state index < -0.39 is 0 Å². The summed E-state index contributed by atoms with van der Waals surface area (Å²) in [5.74, 6) is 0.558. The van der Waals surface area contributed by atoms with Gasteiger partial charge in [-0.1, -0.05) is 26.2 Å². The maximum atomic E-state index is 11.6. The fraction of sp³-hybridized carbons (Fsp3) is 0.929. The Labute approximate surface area is 111 Å². The highest BCUT2D eigenvalue weighted by molar-refractivity contribution is 5.75. The number of aliphatic hydroxyl groups is 1. The largest absolute Gasteiger partial charge is 0.396 e. The molecule has 18 heavy (non-hydrogen) atoms. The maximum Gasteiger partial charge on any atom is 0.220 e. The average Bonchev–Trinajstić information content (AvgIpc) is 2.36. The lowest BCUT2D eigenvalue weighted by atomic mass is 10.00. The zero-order valence-corrected chi connectivity index (χ0v) is 11.8. The summed E-state index contributed by atoms with van der Waals surface area (Å²) in [4.78, 5) is 11.6. The first-order chi connectivity index (χ1) is 8.74. The number of unbranched alkanes of at least 4 members (excludes halogenated alkanes) is 3. The van der Waals surface area contributed by atoms with Crippen molar-refractivity contribution in [3.05, 3.63) is 0 Å². The molecule has 0 fully saturated rings. The van der Waals surface area contributed by atoms with E-state index in [0.717, 1.165) is 51.5 Å². The van der Waals surface area contributed by atoms with Crippen LogP contribution < -0.4 is 11.1 Å². The smallest absolute Gasteiger partial charge is 0.220 e. The molecule has 0 aromatic heterocycles. The molecule has 0 aliphatic rings. The molecular formula is C14H30N2O2. The van der Waals surface area contributed by atoms with Crippen LogP contribution in [0.15, 0.2) is 0 Å². The van der Waals surface area contributed by atoms with Crippen molar-refractivity contribution in [1.29, 1.82) is 0 Å². The highest BCUT2D eigenvalue weighted by Gasteiger charge is 2.09.